The fourth-order valence-electron chi connectivity index (χ4n) is 2.05. The van der Waals surface area contributed by atoms with E-state index in [4.69, 9.17) is 0 Å². The first-order valence-electron chi connectivity index (χ1n) is 6.53. The number of nitrogens with one attached hydrogen (secondary N) is 1. The Hall–Kier alpha value is -1.18. The van der Waals surface area contributed by atoms with Gasteiger partial charge >= 0.3 is 0 Å². The normalized spacial score (nSPS) is 21.6. The van der Waals surface area contributed by atoms with E-state index in [0.717, 1.165) is 11.0 Å². The van der Waals surface area contributed by atoms with Crippen LogP contribution in [-0.2, 0) is 25.3 Å². The number of hydrogen-bond donors (Lipinski definition) is 1. The van der Waals surface area contributed by atoms with Gasteiger partial charge in [-0.2, -0.15) is 0 Å². The summed E-state index contributed by atoms with van der Waals surface area (Å²) in [7, 11) is -7.01. The number of benzene rings is 1. The van der Waals surface area contributed by atoms with Gasteiger partial charge in [0.05, 0.1) is 16.7 Å². The fraction of sp³-hybridized carbons (Fsp3) is 0.429. The zero-order valence-corrected chi connectivity index (χ0v) is 13.8. The van der Waals surface area contributed by atoms with Crippen LogP contribution in [0.25, 0.3) is 0 Å². The molecule has 1 aliphatic rings. The predicted molar refractivity (Wildman–Crippen MR) is 82.2 cm³/mol. The van der Waals surface area contributed by atoms with Crippen LogP contribution in [0.4, 0.5) is 0 Å². The average Bonchev–Trinajstić information content (AvgIpc) is 2.67. The maximum Gasteiger partial charge on any atom is 0.241 e. The lowest BCUT2D eigenvalue weighted by atomic mass is 9.87. The van der Waals surface area contributed by atoms with E-state index in [-0.39, 0.29) is 16.1 Å². The summed E-state index contributed by atoms with van der Waals surface area (Å²) in [5.74, 6) is -0.230. The summed E-state index contributed by atoms with van der Waals surface area (Å²) in [5, 5.41) is 1.04. The lowest BCUT2D eigenvalue weighted by molar-refractivity contribution is 0.572. The van der Waals surface area contributed by atoms with Crippen LogP contribution >= 0.6 is 0 Å². The van der Waals surface area contributed by atoms with Crippen molar-refractivity contribution >= 4 is 19.9 Å². The van der Waals surface area contributed by atoms with E-state index in [2.05, 4.69) is 4.72 Å². The third-order valence-electron chi connectivity index (χ3n) is 3.27. The molecule has 0 bridgehead atoms. The van der Waals surface area contributed by atoms with Crippen LogP contribution in [0.2, 0.25) is 0 Å². The molecular formula is C14H19NO4S2. The molecule has 21 heavy (non-hydrogen) atoms. The van der Waals surface area contributed by atoms with Gasteiger partial charge in [0, 0.05) is 5.41 Å². The Morgan fingerprint density at radius 3 is 2.14 bits per heavy atom. The lowest BCUT2D eigenvalue weighted by Gasteiger charge is -2.19. The van der Waals surface area contributed by atoms with Crippen molar-refractivity contribution in [2.45, 2.75) is 37.1 Å². The third-order valence-corrected chi connectivity index (χ3v) is 6.17. The minimum Gasteiger partial charge on any atom is -0.224 e. The first-order chi connectivity index (χ1) is 9.50. The first kappa shape index (κ1) is 16.2. The molecule has 0 saturated heterocycles. The highest BCUT2D eigenvalue weighted by Crippen LogP contribution is 2.23. The quantitative estimate of drug-likeness (QED) is 0.913. The third kappa shape index (κ3) is 3.93. The second-order valence-corrected chi connectivity index (χ2v) is 9.81. The molecule has 0 fully saturated rings. The van der Waals surface area contributed by atoms with Gasteiger partial charge in [0.15, 0.2) is 9.84 Å². The van der Waals surface area contributed by atoms with E-state index in [0.29, 0.717) is 0 Å². The van der Waals surface area contributed by atoms with E-state index in [1.54, 1.807) is 12.1 Å². The molecule has 0 saturated carbocycles. The van der Waals surface area contributed by atoms with Crippen LogP contribution in [-0.4, -0.2) is 28.6 Å². The van der Waals surface area contributed by atoms with Crippen molar-refractivity contribution in [1.29, 1.82) is 0 Å². The molecule has 0 spiro atoms. The summed E-state index contributed by atoms with van der Waals surface area (Å²) < 4.78 is 49.4. The smallest absolute Gasteiger partial charge is 0.224 e. The number of rotatable bonds is 3. The number of sulfonamides is 1. The Labute approximate surface area is 126 Å². The van der Waals surface area contributed by atoms with Crippen LogP contribution in [0.15, 0.2) is 40.6 Å². The topological polar surface area (TPSA) is 80.3 Å². The van der Waals surface area contributed by atoms with Gasteiger partial charge in [0.1, 0.15) is 0 Å². The number of sulfone groups is 1. The molecule has 0 amide bonds. The van der Waals surface area contributed by atoms with Crippen molar-refractivity contribution in [2.75, 3.05) is 5.75 Å². The zero-order chi connectivity index (χ0) is 15.9. The maximum atomic E-state index is 12.2. The summed E-state index contributed by atoms with van der Waals surface area (Å²) in [6.45, 7) is 6.13. The summed E-state index contributed by atoms with van der Waals surface area (Å²) in [4.78, 5) is 0.133. The second kappa shape index (κ2) is 5.23. The molecule has 5 nitrogen and oxygen atoms in total. The summed E-state index contributed by atoms with van der Waals surface area (Å²) in [6.07, 6.45) is 1.36. The summed E-state index contributed by atoms with van der Waals surface area (Å²) >= 11 is 0. The average molecular weight is 329 g/mol. The van der Waals surface area contributed by atoms with Crippen LogP contribution in [0.5, 0.6) is 0 Å². The van der Waals surface area contributed by atoms with Crippen LogP contribution in [0, 0.1) is 0 Å². The largest absolute Gasteiger partial charge is 0.241 e. The Morgan fingerprint density at radius 1 is 1.14 bits per heavy atom. The Bertz CT molecular complexity index is 754. The van der Waals surface area contributed by atoms with Crippen LogP contribution in [0.1, 0.15) is 26.3 Å². The fourth-order valence-corrected chi connectivity index (χ4v) is 4.58. The SMILES string of the molecule is CC(C)(C)c1ccc(S(=O)(=O)N[C@@H]2C=CS(=O)(=O)C2)cc1. The van der Waals surface area contributed by atoms with Crippen LogP contribution < -0.4 is 4.72 Å². The highest BCUT2D eigenvalue weighted by molar-refractivity contribution is 7.94. The molecule has 1 heterocycles. The molecule has 1 aromatic rings. The monoisotopic (exact) mass is 329 g/mol. The molecule has 7 heteroatoms. The molecule has 116 valence electrons. The van der Waals surface area contributed by atoms with Crippen molar-refractivity contribution in [1.82, 2.24) is 4.72 Å². The van der Waals surface area contributed by atoms with Crippen molar-refractivity contribution in [3.63, 3.8) is 0 Å². The van der Waals surface area contributed by atoms with E-state index >= 15 is 0 Å². The minimum absolute atomic E-state index is 0.0576. The van der Waals surface area contributed by atoms with Crippen LogP contribution in [0.3, 0.4) is 0 Å². The molecule has 0 unspecified atom stereocenters. The van der Waals surface area contributed by atoms with Crippen molar-refractivity contribution in [2.24, 2.45) is 0 Å². The van der Waals surface area contributed by atoms with Gasteiger partial charge < -0.3 is 0 Å². The molecule has 1 aromatic carbocycles. The molecule has 1 atom stereocenters. The van der Waals surface area contributed by atoms with Gasteiger partial charge in [0.2, 0.25) is 10.0 Å². The minimum atomic E-state index is -3.72. The van der Waals surface area contributed by atoms with Gasteiger partial charge in [-0.3, -0.25) is 0 Å². The molecule has 0 aliphatic carbocycles. The molecule has 0 aromatic heterocycles. The predicted octanol–water partition coefficient (Wildman–Crippen LogP) is 1.57. The zero-order valence-electron chi connectivity index (χ0n) is 12.2. The van der Waals surface area contributed by atoms with Gasteiger partial charge in [-0.05, 0) is 23.1 Å². The Kier molecular flexibility index (Phi) is 4.03. The molecule has 1 aliphatic heterocycles. The van der Waals surface area contributed by atoms with Gasteiger partial charge in [-0.25, -0.2) is 21.6 Å². The molecule has 1 N–H and O–H groups in total. The summed E-state index contributed by atoms with van der Waals surface area (Å²) in [6, 6.07) is 5.92. The summed E-state index contributed by atoms with van der Waals surface area (Å²) in [5.41, 5.74) is 0.975. The highest BCUT2D eigenvalue weighted by atomic mass is 32.2. The van der Waals surface area contributed by atoms with Crippen molar-refractivity contribution in [3.8, 4) is 0 Å². The number of hydrogen-bond acceptors (Lipinski definition) is 4. The standard InChI is InChI=1S/C14H19NO4S2/c1-14(2,3)11-4-6-13(7-5-11)21(18,19)15-12-8-9-20(16,17)10-12/h4-9,12,15H,10H2,1-3H3/t12-/m1/s1. The van der Waals surface area contributed by atoms with E-state index in [1.165, 1.54) is 18.2 Å². The van der Waals surface area contributed by atoms with Gasteiger partial charge in [-0.15, -0.1) is 0 Å². The Balaban J connectivity index is 2.19. The van der Waals surface area contributed by atoms with E-state index in [9.17, 15) is 16.8 Å². The molecular weight excluding hydrogens is 310 g/mol. The first-order valence-corrected chi connectivity index (χ1v) is 9.73. The van der Waals surface area contributed by atoms with Gasteiger partial charge in [-0.1, -0.05) is 39.0 Å². The maximum absolute atomic E-state index is 12.2. The van der Waals surface area contributed by atoms with E-state index in [1.807, 2.05) is 20.8 Å². The van der Waals surface area contributed by atoms with Crippen molar-refractivity contribution < 1.29 is 16.8 Å². The second-order valence-electron chi connectivity index (χ2n) is 6.16. The van der Waals surface area contributed by atoms with Crippen molar-refractivity contribution in [3.05, 3.63) is 41.3 Å². The highest BCUT2D eigenvalue weighted by Gasteiger charge is 2.27. The molecule has 2 rings (SSSR count). The molecule has 0 radical (unpaired) electrons. The van der Waals surface area contributed by atoms with Gasteiger partial charge in [0.25, 0.3) is 0 Å². The van der Waals surface area contributed by atoms with E-state index < -0.39 is 25.9 Å². The lowest BCUT2D eigenvalue weighted by Crippen LogP contribution is -2.35. The Morgan fingerprint density at radius 2 is 1.71 bits per heavy atom.